The third kappa shape index (κ3) is 4.11. The van der Waals surface area contributed by atoms with Crippen LogP contribution >= 0.6 is 11.6 Å². The van der Waals surface area contributed by atoms with E-state index in [1.54, 1.807) is 12.1 Å². The van der Waals surface area contributed by atoms with Crippen LogP contribution < -0.4 is 10.1 Å². The molecule has 6 heteroatoms. The lowest BCUT2D eigenvalue weighted by molar-refractivity contribution is -0.123. The molecule has 5 nitrogen and oxygen atoms in total. The Bertz CT molecular complexity index is 943. The van der Waals surface area contributed by atoms with Gasteiger partial charge in [-0.1, -0.05) is 29.8 Å². The zero-order valence-corrected chi connectivity index (χ0v) is 14.1. The van der Waals surface area contributed by atoms with Gasteiger partial charge in [0.15, 0.2) is 6.61 Å². The van der Waals surface area contributed by atoms with Gasteiger partial charge < -0.3 is 15.0 Å². The molecule has 2 aromatic carbocycles. The van der Waals surface area contributed by atoms with Crippen molar-refractivity contribution >= 4 is 28.4 Å². The Balaban J connectivity index is 1.48. The zero-order chi connectivity index (χ0) is 17.6. The van der Waals surface area contributed by atoms with Gasteiger partial charge in [0.1, 0.15) is 5.75 Å². The molecule has 0 saturated heterocycles. The summed E-state index contributed by atoms with van der Waals surface area (Å²) in [5.41, 5.74) is 2.69. The average Bonchev–Trinajstić information content (AvgIpc) is 3.04. The summed E-state index contributed by atoms with van der Waals surface area (Å²) in [7, 11) is 0. The molecule has 0 radical (unpaired) electrons. The largest absolute Gasteiger partial charge is 0.482 e. The van der Waals surface area contributed by atoms with E-state index in [0.717, 1.165) is 22.9 Å². The van der Waals surface area contributed by atoms with Crippen LogP contribution in [-0.2, 0) is 11.2 Å². The molecule has 0 aliphatic heterocycles. The second kappa shape index (κ2) is 7.73. The fourth-order valence-electron chi connectivity index (χ4n) is 2.56. The summed E-state index contributed by atoms with van der Waals surface area (Å²) in [4.78, 5) is 15.1. The summed E-state index contributed by atoms with van der Waals surface area (Å²) in [6, 6.07) is 14.7. The van der Waals surface area contributed by atoms with E-state index in [1.165, 1.54) is 6.07 Å². The lowest BCUT2D eigenvalue weighted by atomic mass is 10.1. The van der Waals surface area contributed by atoms with Crippen molar-refractivity contribution in [3.05, 3.63) is 64.8 Å². The molecule has 3 aromatic rings. The van der Waals surface area contributed by atoms with E-state index < -0.39 is 0 Å². The predicted molar refractivity (Wildman–Crippen MR) is 96.7 cm³/mol. The third-order valence-electron chi connectivity index (χ3n) is 3.81. The van der Waals surface area contributed by atoms with Crippen LogP contribution in [0.2, 0.25) is 5.02 Å². The van der Waals surface area contributed by atoms with Crippen LogP contribution in [0, 0.1) is 11.3 Å². The van der Waals surface area contributed by atoms with Crippen LogP contribution in [0.25, 0.3) is 10.9 Å². The van der Waals surface area contributed by atoms with Crippen molar-refractivity contribution < 1.29 is 9.53 Å². The number of hydrogen-bond acceptors (Lipinski definition) is 3. The number of benzene rings is 2. The minimum absolute atomic E-state index is 0.125. The number of amides is 1. The number of fused-ring (bicyclic) bond motifs is 1. The Morgan fingerprint density at radius 3 is 2.92 bits per heavy atom. The summed E-state index contributed by atoms with van der Waals surface area (Å²) in [6.07, 6.45) is 2.69. The number of nitrogens with zero attached hydrogens (tertiary/aromatic N) is 1. The van der Waals surface area contributed by atoms with Crippen molar-refractivity contribution in [2.45, 2.75) is 6.42 Å². The standard InChI is InChI=1S/C19H16ClN3O2/c20-16-9-13(10-21)5-6-18(16)25-12-19(24)22-8-7-14-11-23-17-4-2-1-3-15(14)17/h1-6,9,11,23H,7-8,12H2,(H,22,24). The van der Waals surface area contributed by atoms with Crippen molar-refractivity contribution in [1.82, 2.24) is 10.3 Å². The van der Waals surface area contributed by atoms with Crippen LogP contribution in [0.4, 0.5) is 0 Å². The summed E-state index contributed by atoms with van der Waals surface area (Å²) >= 11 is 6.01. The molecule has 1 heterocycles. The fourth-order valence-corrected chi connectivity index (χ4v) is 2.79. The van der Waals surface area contributed by atoms with E-state index in [1.807, 2.05) is 30.5 Å². The van der Waals surface area contributed by atoms with Crippen LogP contribution in [-0.4, -0.2) is 24.0 Å². The van der Waals surface area contributed by atoms with Crippen LogP contribution in [0.1, 0.15) is 11.1 Å². The molecule has 0 spiro atoms. The number of H-pyrrole nitrogens is 1. The molecule has 1 amide bonds. The molecule has 0 saturated carbocycles. The SMILES string of the molecule is N#Cc1ccc(OCC(=O)NCCc2c[nH]c3ccccc23)c(Cl)c1. The number of carbonyl (C=O) groups is 1. The maximum absolute atomic E-state index is 11.9. The number of halogens is 1. The van der Waals surface area contributed by atoms with Crippen molar-refractivity contribution in [3.8, 4) is 11.8 Å². The molecule has 25 heavy (non-hydrogen) atoms. The highest BCUT2D eigenvalue weighted by atomic mass is 35.5. The molecule has 1 aromatic heterocycles. The highest BCUT2D eigenvalue weighted by molar-refractivity contribution is 6.32. The van der Waals surface area contributed by atoms with Gasteiger partial charge in [0.25, 0.3) is 5.91 Å². The molecule has 0 atom stereocenters. The van der Waals surface area contributed by atoms with E-state index in [4.69, 9.17) is 21.6 Å². The van der Waals surface area contributed by atoms with Crippen molar-refractivity contribution in [1.29, 1.82) is 5.26 Å². The highest BCUT2D eigenvalue weighted by Gasteiger charge is 2.08. The second-order valence-electron chi connectivity index (χ2n) is 5.51. The Labute approximate surface area is 150 Å². The lowest BCUT2D eigenvalue weighted by Gasteiger charge is -2.09. The van der Waals surface area contributed by atoms with Gasteiger partial charge in [-0.05, 0) is 36.2 Å². The Morgan fingerprint density at radius 1 is 1.28 bits per heavy atom. The summed E-state index contributed by atoms with van der Waals surface area (Å²) in [6.45, 7) is 0.394. The molecular formula is C19H16ClN3O2. The minimum atomic E-state index is -0.222. The number of hydrogen-bond donors (Lipinski definition) is 2. The molecule has 0 aliphatic rings. The number of aromatic amines is 1. The topological polar surface area (TPSA) is 77.9 Å². The van der Waals surface area contributed by atoms with E-state index in [-0.39, 0.29) is 12.5 Å². The first kappa shape index (κ1) is 16.9. The predicted octanol–water partition coefficient (Wildman–Crippen LogP) is 3.43. The Kier molecular flexibility index (Phi) is 5.22. The molecule has 126 valence electrons. The first-order chi connectivity index (χ1) is 12.2. The van der Waals surface area contributed by atoms with Crippen LogP contribution in [0.5, 0.6) is 5.75 Å². The lowest BCUT2D eigenvalue weighted by Crippen LogP contribution is -2.30. The number of carbonyl (C=O) groups excluding carboxylic acids is 1. The zero-order valence-electron chi connectivity index (χ0n) is 13.4. The molecule has 0 aliphatic carbocycles. The molecule has 2 N–H and O–H groups in total. The smallest absolute Gasteiger partial charge is 0.257 e. The number of para-hydroxylation sites is 1. The highest BCUT2D eigenvalue weighted by Crippen LogP contribution is 2.25. The first-order valence-electron chi connectivity index (χ1n) is 7.81. The number of ether oxygens (including phenoxy) is 1. The van der Waals surface area contributed by atoms with E-state index >= 15 is 0 Å². The van der Waals surface area contributed by atoms with Crippen molar-refractivity contribution in [3.63, 3.8) is 0 Å². The van der Waals surface area contributed by atoms with Crippen LogP contribution in [0.15, 0.2) is 48.7 Å². The van der Waals surface area contributed by atoms with E-state index in [9.17, 15) is 4.79 Å². The van der Waals surface area contributed by atoms with Gasteiger partial charge in [-0.3, -0.25) is 4.79 Å². The van der Waals surface area contributed by atoms with E-state index in [2.05, 4.69) is 16.4 Å². The first-order valence-corrected chi connectivity index (χ1v) is 8.19. The van der Waals surface area contributed by atoms with Gasteiger partial charge in [-0.25, -0.2) is 0 Å². The molecule has 0 fully saturated rings. The summed E-state index contributed by atoms with van der Waals surface area (Å²) in [5.74, 6) is 0.160. The van der Waals surface area contributed by atoms with Gasteiger partial charge in [0.05, 0.1) is 16.7 Å². The van der Waals surface area contributed by atoms with Crippen molar-refractivity contribution in [2.24, 2.45) is 0 Å². The van der Waals surface area contributed by atoms with Crippen molar-refractivity contribution in [2.75, 3.05) is 13.2 Å². The maximum Gasteiger partial charge on any atom is 0.257 e. The third-order valence-corrected chi connectivity index (χ3v) is 4.11. The fraction of sp³-hybridized carbons (Fsp3) is 0.158. The van der Waals surface area contributed by atoms with E-state index in [0.29, 0.717) is 22.9 Å². The van der Waals surface area contributed by atoms with Gasteiger partial charge in [-0.15, -0.1) is 0 Å². The molecule has 0 bridgehead atoms. The second-order valence-corrected chi connectivity index (χ2v) is 5.91. The molecule has 3 rings (SSSR count). The molecule has 0 unspecified atom stereocenters. The van der Waals surface area contributed by atoms with Gasteiger partial charge in [0.2, 0.25) is 0 Å². The number of aromatic nitrogens is 1. The summed E-state index contributed by atoms with van der Waals surface area (Å²) < 4.78 is 5.40. The average molecular weight is 354 g/mol. The summed E-state index contributed by atoms with van der Waals surface area (Å²) in [5, 5.41) is 13.1. The maximum atomic E-state index is 11.9. The van der Waals surface area contributed by atoms with Gasteiger partial charge in [-0.2, -0.15) is 5.26 Å². The normalized spacial score (nSPS) is 10.4. The Hall–Kier alpha value is -2.97. The monoisotopic (exact) mass is 353 g/mol. The minimum Gasteiger partial charge on any atom is -0.482 e. The van der Waals surface area contributed by atoms with Crippen LogP contribution in [0.3, 0.4) is 0 Å². The number of nitrogens with one attached hydrogen (secondary N) is 2. The van der Waals surface area contributed by atoms with Gasteiger partial charge >= 0.3 is 0 Å². The molecular weight excluding hydrogens is 338 g/mol. The van der Waals surface area contributed by atoms with Gasteiger partial charge in [0, 0.05) is 23.6 Å². The number of nitriles is 1. The quantitative estimate of drug-likeness (QED) is 0.712. The Morgan fingerprint density at radius 2 is 2.12 bits per heavy atom. The number of rotatable bonds is 6.